The lowest BCUT2D eigenvalue weighted by Gasteiger charge is -2.12. The molecule has 0 heterocycles. The van der Waals surface area contributed by atoms with Crippen molar-refractivity contribution in [1.82, 2.24) is 4.90 Å². The van der Waals surface area contributed by atoms with Gasteiger partial charge in [-0.1, -0.05) is 23.9 Å². The normalized spacial score (nSPS) is 11.3. The van der Waals surface area contributed by atoms with Crippen LogP contribution >= 0.6 is 11.8 Å². The summed E-state index contributed by atoms with van der Waals surface area (Å²) in [6.45, 7) is 0.331. The first-order chi connectivity index (χ1) is 8.02. The second-order valence-electron chi connectivity index (χ2n) is 3.46. The smallest absolute Gasteiger partial charge is 0.407 e. The molecule has 0 aromatic heterocycles. The number of amides is 1. The Bertz CT molecular complexity index is 434. The minimum Gasteiger partial charge on any atom is -0.465 e. The Morgan fingerprint density at radius 2 is 2.29 bits per heavy atom. The molecule has 0 fully saturated rings. The predicted octanol–water partition coefficient (Wildman–Crippen LogP) is 2.11. The summed E-state index contributed by atoms with van der Waals surface area (Å²) < 4.78 is 0. The van der Waals surface area contributed by atoms with Gasteiger partial charge in [0.05, 0.1) is 5.69 Å². The summed E-state index contributed by atoms with van der Waals surface area (Å²) in [7, 11) is 1.52. The van der Waals surface area contributed by atoms with Crippen LogP contribution in [-0.4, -0.2) is 34.6 Å². The second-order valence-corrected chi connectivity index (χ2v) is 4.29. The molecule has 0 saturated carbocycles. The van der Waals surface area contributed by atoms with Gasteiger partial charge >= 0.3 is 6.09 Å². The number of nitrogens with two attached hydrogens (primary N) is 1. The van der Waals surface area contributed by atoms with Gasteiger partial charge in [0.25, 0.3) is 0 Å². The van der Waals surface area contributed by atoms with Crippen molar-refractivity contribution in [3.63, 3.8) is 0 Å². The molecule has 5 nitrogen and oxygen atoms in total. The number of amidine groups is 1. The molecule has 0 aliphatic carbocycles. The molecule has 0 saturated heterocycles. The van der Waals surface area contributed by atoms with Crippen molar-refractivity contribution < 1.29 is 9.90 Å². The third kappa shape index (κ3) is 4.36. The fourth-order valence-electron chi connectivity index (χ4n) is 1.24. The molecule has 1 amide bonds. The van der Waals surface area contributed by atoms with Crippen LogP contribution in [-0.2, 0) is 6.54 Å². The number of hydrogen-bond donors (Lipinski definition) is 2. The van der Waals surface area contributed by atoms with Crippen LogP contribution in [0, 0.1) is 0 Å². The Kier molecular flexibility index (Phi) is 4.84. The lowest BCUT2D eigenvalue weighted by molar-refractivity contribution is 0.154. The van der Waals surface area contributed by atoms with E-state index in [1.165, 1.54) is 23.7 Å². The zero-order chi connectivity index (χ0) is 12.8. The zero-order valence-electron chi connectivity index (χ0n) is 9.75. The van der Waals surface area contributed by atoms with Gasteiger partial charge in [0.1, 0.15) is 0 Å². The van der Waals surface area contributed by atoms with Gasteiger partial charge in [0, 0.05) is 13.6 Å². The number of aliphatic imine (C=N–C) groups is 1. The molecule has 0 aliphatic heterocycles. The Hall–Kier alpha value is -1.69. The molecule has 0 aliphatic rings. The van der Waals surface area contributed by atoms with Crippen molar-refractivity contribution in [3.8, 4) is 0 Å². The van der Waals surface area contributed by atoms with E-state index in [0.717, 1.165) is 11.3 Å². The van der Waals surface area contributed by atoms with Gasteiger partial charge in [0.2, 0.25) is 0 Å². The van der Waals surface area contributed by atoms with Crippen molar-refractivity contribution in [1.29, 1.82) is 0 Å². The highest BCUT2D eigenvalue weighted by molar-refractivity contribution is 8.13. The minimum atomic E-state index is -0.956. The standard InChI is InChI=1S/C11H15N3O2S/c1-14(11(15)16)7-8-4-3-5-9(6-8)13-10(12)17-2/h3-6H,7H2,1-2H3,(H2,12,13)(H,15,16). The first-order valence-electron chi connectivity index (χ1n) is 4.94. The first kappa shape index (κ1) is 13.4. The maximum atomic E-state index is 10.7. The highest BCUT2D eigenvalue weighted by Crippen LogP contribution is 2.16. The fourth-order valence-corrected chi connectivity index (χ4v) is 1.44. The number of hydrogen-bond acceptors (Lipinski definition) is 3. The van der Waals surface area contributed by atoms with Gasteiger partial charge in [-0.15, -0.1) is 0 Å². The average Bonchev–Trinajstić information content (AvgIpc) is 2.29. The van der Waals surface area contributed by atoms with Gasteiger partial charge < -0.3 is 15.7 Å². The summed E-state index contributed by atoms with van der Waals surface area (Å²) in [5.74, 6) is 0. The van der Waals surface area contributed by atoms with Crippen LogP contribution < -0.4 is 5.73 Å². The van der Waals surface area contributed by atoms with Gasteiger partial charge in [0.15, 0.2) is 5.17 Å². The number of rotatable bonds is 3. The number of carboxylic acid groups (broad SMARTS) is 1. The van der Waals surface area contributed by atoms with Gasteiger partial charge in [-0.2, -0.15) is 0 Å². The summed E-state index contributed by atoms with van der Waals surface area (Å²) in [5, 5.41) is 9.25. The Morgan fingerprint density at radius 3 is 2.88 bits per heavy atom. The molecular formula is C11H15N3O2S. The van der Waals surface area contributed by atoms with Gasteiger partial charge in [-0.05, 0) is 24.0 Å². The number of carbonyl (C=O) groups is 1. The van der Waals surface area contributed by atoms with Crippen LogP contribution in [0.2, 0.25) is 0 Å². The number of nitrogens with zero attached hydrogens (tertiary/aromatic N) is 2. The average molecular weight is 253 g/mol. The maximum Gasteiger partial charge on any atom is 0.407 e. The number of thioether (sulfide) groups is 1. The summed E-state index contributed by atoms with van der Waals surface area (Å²) in [4.78, 5) is 16.1. The third-order valence-electron chi connectivity index (χ3n) is 2.11. The van der Waals surface area contributed by atoms with E-state index in [-0.39, 0.29) is 0 Å². The highest BCUT2D eigenvalue weighted by atomic mass is 32.2. The SMILES string of the molecule is CSC(N)=Nc1cccc(CN(C)C(=O)O)c1. The first-order valence-corrected chi connectivity index (χ1v) is 6.16. The minimum absolute atomic E-state index is 0.331. The maximum absolute atomic E-state index is 10.7. The van der Waals surface area contributed by atoms with Gasteiger partial charge in [-0.3, -0.25) is 0 Å². The molecule has 0 spiro atoms. The second kappa shape index (κ2) is 6.15. The van der Waals surface area contributed by atoms with Crippen LogP contribution in [0.4, 0.5) is 10.5 Å². The summed E-state index contributed by atoms with van der Waals surface area (Å²) in [6.07, 6.45) is 0.892. The van der Waals surface area contributed by atoms with Crippen molar-refractivity contribution in [2.45, 2.75) is 6.54 Å². The predicted molar refractivity (Wildman–Crippen MR) is 70.7 cm³/mol. The molecule has 0 radical (unpaired) electrons. The Labute approximate surface area is 104 Å². The molecule has 0 atom stereocenters. The quantitative estimate of drug-likeness (QED) is 0.638. The van der Waals surface area contributed by atoms with E-state index in [1.807, 2.05) is 30.5 Å². The molecule has 3 N–H and O–H groups in total. The summed E-state index contributed by atoms with van der Waals surface area (Å²) in [6, 6.07) is 7.33. The van der Waals surface area contributed by atoms with E-state index in [0.29, 0.717) is 11.7 Å². The van der Waals surface area contributed by atoms with E-state index in [4.69, 9.17) is 10.8 Å². The molecule has 1 aromatic rings. The lowest BCUT2D eigenvalue weighted by Crippen LogP contribution is -2.23. The van der Waals surface area contributed by atoms with Crippen LogP contribution in [0.15, 0.2) is 29.3 Å². The molecule has 0 unspecified atom stereocenters. The van der Waals surface area contributed by atoms with Crippen LogP contribution in [0.5, 0.6) is 0 Å². The molecule has 6 heteroatoms. The monoisotopic (exact) mass is 253 g/mol. The van der Waals surface area contributed by atoms with Crippen LogP contribution in [0.25, 0.3) is 0 Å². The molecule has 17 heavy (non-hydrogen) atoms. The topological polar surface area (TPSA) is 78.9 Å². The lowest BCUT2D eigenvalue weighted by atomic mass is 10.2. The Balaban J connectivity index is 2.83. The van der Waals surface area contributed by atoms with E-state index < -0.39 is 6.09 Å². The van der Waals surface area contributed by atoms with Gasteiger partial charge in [-0.25, -0.2) is 9.79 Å². The van der Waals surface area contributed by atoms with Crippen LogP contribution in [0.1, 0.15) is 5.56 Å². The molecule has 1 rings (SSSR count). The third-order valence-corrected chi connectivity index (χ3v) is 2.61. The van der Waals surface area contributed by atoms with Crippen molar-refractivity contribution in [2.75, 3.05) is 13.3 Å². The van der Waals surface area contributed by atoms with Crippen molar-refractivity contribution in [2.24, 2.45) is 10.7 Å². The van der Waals surface area contributed by atoms with Crippen molar-refractivity contribution >= 4 is 28.7 Å². The summed E-state index contributed by atoms with van der Waals surface area (Å²) in [5.41, 5.74) is 7.22. The van der Waals surface area contributed by atoms with E-state index >= 15 is 0 Å². The molecule has 0 bridgehead atoms. The van der Waals surface area contributed by atoms with Crippen LogP contribution in [0.3, 0.4) is 0 Å². The van der Waals surface area contributed by atoms with E-state index in [2.05, 4.69) is 4.99 Å². The zero-order valence-corrected chi connectivity index (χ0v) is 10.6. The highest BCUT2D eigenvalue weighted by Gasteiger charge is 2.06. The largest absolute Gasteiger partial charge is 0.465 e. The Morgan fingerprint density at radius 1 is 1.59 bits per heavy atom. The fraction of sp³-hybridized carbons (Fsp3) is 0.273. The van der Waals surface area contributed by atoms with E-state index in [1.54, 1.807) is 0 Å². The summed E-state index contributed by atoms with van der Waals surface area (Å²) >= 11 is 1.37. The molecule has 92 valence electrons. The molecule has 1 aromatic carbocycles. The molecular weight excluding hydrogens is 238 g/mol. The number of benzene rings is 1. The van der Waals surface area contributed by atoms with E-state index in [9.17, 15) is 4.79 Å². The van der Waals surface area contributed by atoms with Crippen molar-refractivity contribution in [3.05, 3.63) is 29.8 Å².